The average Bonchev–Trinajstić information content (AvgIpc) is 2.99. The lowest BCUT2D eigenvalue weighted by Gasteiger charge is -2.32. The van der Waals surface area contributed by atoms with E-state index >= 15 is 0 Å². The van der Waals surface area contributed by atoms with Crippen molar-refractivity contribution in [2.75, 3.05) is 24.1 Å². The summed E-state index contributed by atoms with van der Waals surface area (Å²) in [6.07, 6.45) is 0.719. The molecule has 0 radical (unpaired) electrons. The van der Waals surface area contributed by atoms with E-state index in [-0.39, 0.29) is 29.1 Å². The van der Waals surface area contributed by atoms with Gasteiger partial charge < -0.3 is 19.7 Å². The largest absolute Gasteiger partial charge is 0.486 e. The number of hydrogen-bond acceptors (Lipinski definition) is 6. The number of benzene rings is 3. The average molecular weight is 600 g/mol. The predicted octanol–water partition coefficient (Wildman–Crippen LogP) is 4.64. The molecular weight excluding hydrogens is 566 g/mol. The van der Waals surface area contributed by atoms with Crippen molar-refractivity contribution in [2.24, 2.45) is 0 Å². The SMILES string of the molecule is CC[C@@H](C)NC(=O)[C@H](C)N(Cc1ccc(Cl)cc1)C(=O)CN(c1ccc2c(c1)OCCO2)S(=O)(=O)c1ccccc1. The molecule has 0 bridgehead atoms. The van der Waals surface area contributed by atoms with Crippen LogP contribution in [-0.4, -0.2) is 57.0 Å². The molecule has 41 heavy (non-hydrogen) atoms. The van der Waals surface area contributed by atoms with Crippen LogP contribution in [0.25, 0.3) is 0 Å². The minimum absolute atomic E-state index is 0.0227. The number of rotatable bonds is 11. The Morgan fingerprint density at radius 3 is 2.27 bits per heavy atom. The molecule has 0 unspecified atom stereocenters. The van der Waals surface area contributed by atoms with Crippen LogP contribution in [0.2, 0.25) is 5.02 Å². The first-order chi connectivity index (χ1) is 19.6. The number of nitrogens with zero attached hydrogens (tertiary/aromatic N) is 2. The molecular formula is C30H34ClN3O6S. The van der Waals surface area contributed by atoms with Crippen molar-refractivity contribution in [1.29, 1.82) is 0 Å². The standard InChI is InChI=1S/C30H34ClN3O6S/c1-4-21(2)32-30(36)22(3)33(19-23-10-12-24(31)13-11-23)29(35)20-34(41(37,38)26-8-6-5-7-9-26)25-14-15-27-28(18-25)40-17-16-39-27/h5-15,18,21-22H,4,16-17,19-20H2,1-3H3,(H,32,36)/t21-,22+/m1/s1. The number of nitrogens with one attached hydrogen (secondary N) is 1. The van der Waals surface area contributed by atoms with Crippen molar-refractivity contribution in [3.05, 3.63) is 83.4 Å². The van der Waals surface area contributed by atoms with E-state index in [9.17, 15) is 18.0 Å². The summed E-state index contributed by atoms with van der Waals surface area (Å²) in [5.41, 5.74) is 0.970. The Labute approximate surface area is 246 Å². The molecule has 0 aliphatic carbocycles. The number of carbonyl (C=O) groups is 2. The lowest BCUT2D eigenvalue weighted by atomic mass is 10.1. The molecule has 0 fully saturated rings. The summed E-state index contributed by atoms with van der Waals surface area (Å²) in [6.45, 7) is 5.69. The van der Waals surface area contributed by atoms with Crippen molar-refractivity contribution < 1.29 is 27.5 Å². The summed E-state index contributed by atoms with van der Waals surface area (Å²) in [5.74, 6) is -0.0172. The molecule has 0 aromatic heterocycles. The fourth-order valence-corrected chi connectivity index (χ4v) is 5.82. The molecule has 1 aliphatic heterocycles. The zero-order valence-corrected chi connectivity index (χ0v) is 24.8. The number of hydrogen-bond donors (Lipinski definition) is 1. The van der Waals surface area contributed by atoms with Crippen molar-refractivity contribution in [2.45, 2.75) is 50.7 Å². The van der Waals surface area contributed by atoms with E-state index in [2.05, 4.69) is 5.32 Å². The minimum atomic E-state index is -4.19. The van der Waals surface area contributed by atoms with Gasteiger partial charge >= 0.3 is 0 Å². The van der Waals surface area contributed by atoms with Crippen LogP contribution >= 0.6 is 11.6 Å². The Bertz CT molecular complexity index is 1470. The van der Waals surface area contributed by atoms with Crippen LogP contribution in [-0.2, 0) is 26.2 Å². The zero-order chi connectivity index (χ0) is 29.6. The Morgan fingerprint density at radius 1 is 0.951 bits per heavy atom. The second-order valence-corrected chi connectivity index (χ2v) is 12.1. The topological polar surface area (TPSA) is 105 Å². The van der Waals surface area contributed by atoms with Gasteiger partial charge in [-0.15, -0.1) is 0 Å². The fraction of sp³-hybridized carbons (Fsp3) is 0.333. The minimum Gasteiger partial charge on any atom is -0.486 e. The van der Waals surface area contributed by atoms with Crippen molar-refractivity contribution in [3.8, 4) is 11.5 Å². The lowest BCUT2D eigenvalue weighted by Crippen LogP contribution is -2.52. The molecule has 3 aromatic rings. The molecule has 9 nitrogen and oxygen atoms in total. The quantitative estimate of drug-likeness (QED) is 0.344. The third kappa shape index (κ3) is 7.31. The van der Waals surface area contributed by atoms with Gasteiger partial charge in [-0.2, -0.15) is 0 Å². The Morgan fingerprint density at radius 2 is 1.61 bits per heavy atom. The van der Waals surface area contributed by atoms with E-state index in [0.717, 1.165) is 16.3 Å². The number of anilines is 1. The summed E-state index contributed by atoms with van der Waals surface area (Å²) >= 11 is 6.06. The molecule has 1 N–H and O–H groups in total. The highest BCUT2D eigenvalue weighted by atomic mass is 35.5. The second kappa shape index (κ2) is 13.3. The first kappa shape index (κ1) is 30.2. The smallest absolute Gasteiger partial charge is 0.264 e. The highest BCUT2D eigenvalue weighted by molar-refractivity contribution is 7.92. The molecule has 218 valence electrons. The molecule has 1 aliphatic rings. The maximum absolute atomic E-state index is 14.0. The third-order valence-corrected chi connectivity index (χ3v) is 8.90. The molecule has 4 rings (SSSR count). The van der Waals surface area contributed by atoms with Gasteiger partial charge in [0.25, 0.3) is 10.0 Å². The Kier molecular flexibility index (Phi) is 9.77. The van der Waals surface area contributed by atoms with Crippen LogP contribution in [0.4, 0.5) is 5.69 Å². The maximum Gasteiger partial charge on any atom is 0.264 e. The van der Waals surface area contributed by atoms with E-state index in [4.69, 9.17) is 21.1 Å². The van der Waals surface area contributed by atoms with Gasteiger partial charge in [0.05, 0.1) is 10.6 Å². The zero-order valence-electron chi connectivity index (χ0n) is 23.2. The monoisotopic (exact) mass is 599 g/mol. The van der Waals surface area contributed by atoms with Crippen LogP contribution in [0.15, 0.2) is 77.7 Å². The molecule has 2 amide bonds. The highest BCUT2D eigenvalue weighted by Gasteiger charge is 2.33. The number of carbonyl (C=O) groups excluding carboxylic acids is 2. The number of fused-ring (bicyclic) bond motifs is 1. The van der Waals surface area contributed by atoms with Gasteiger partial charge in [-0.3, -0.25) is 13.9 Å². The van der Waals surface area contributed by atoms with Gasteiger partial charge in [0.1, 0.15) is 25.8 Å². The Hall–Kier alpha value is -3.76. The van der Waals surface area contributed by atoms with E-state index in [1.807, 2.05) is 13.8 Å². The van der Waals surface area contributed by atoms with Crippen LogP contribution in [0, 0.1) is 0 Å². The molecule has 0 saturated carbocycles. The maximum atomic E-state index is 14.0. The molecule has 11 heteroatoms. The van der Waals surface area contributed by atoms with Gasteiger partial charge in [0.2, 0.25) is 11.8 Å². The van der Waals surface area contributed by atoms with Crippen molar-refractivity contribution in [1.82, 2.24) is 10.2 Å². The molecule has 1 heterocycles. The van der Waals surface area contributed by atoms with Crippen molar-refractivity contribution >= 4 is 39.1 Å². The summed E-state index contributed by atoms with van der Waals surface area (Å²) in [4.78, 5) is 28.6. The molecule has 3 aromatic carbocycles. The van der Waals surface area contributed by atoms with Gasteiger partial charge in [-0.25, -0.2) is 8.42 Å². The molecule has 0 spiro atoms. The van der Waals surface area contributed by atoms with Crippen LogP contribution < -0.4 is 19.1 Å². The van der Waals surface area contributed by atoms with Gasteiger partial charge in [-0.1, -0.05) is 48.9 Å². The van der Waals surface area contributed by atoms with Gasteiger partial charge in [0, 0.05) is 23.7 Å². The van der Waals surface area contributed by atoms with E-state index in [0.29, 0.717) is 29.7 Å². The van der Waals surface area contributed by atoms with Crippen molar-refractivity contribution in [3.63, 3.8) is 0 Å². The van der Waals surface area contributed by atoms with E-state index < -0.39 is 28.5 Å². The van der Waals surface area contributed by atoms with Gasteiger partial charge in [-0.05, 0) is 62.2 Å². The Balaban J connectivity index is 1.72. The van der Waals surface area contributed by atoms with Crippen LogP contribution in [0.5, 0.6) is 11.5 Å². The summed E-state index contributed by atoms with van der Waals surface area (Å²) in [7, 11) is -4.19. The number of amides is 2. The highest BCUT2D eigenvalue weighted by Crippen LogP contribution is 2.36. The summed E-state index contributed by atoms with van der Waals surface area (Å²) in [5, 5.41) is 3.45. The fourth-order valence-electron chi connectivity index (χ4n) is 4.27. The van der Waals surface area contributed by atoms with E-state index in [1.54, 1.807) is 67.6 Å². The second-order valence-electron chi connectivity index (χ2n) is 9.79. The third-order valence-electron chi connectivity index (χ3n) is 6.86. The molecule has 2 atom stereocenters. The predicted molar refractivity (Wildman–Crippen MR) is 158 cm³/mol. The van der Waals surface area contributed by atoms with E-state index in [1.165, 1.54) is 17.0 Å². The molecule has 0 saturated heterocycles. The lowest BCUT2D eigenvalue weighted by molar-refractivity contribution is -0.139. The van der Waals surface area contributed by atoms with Gasteiger partial charge in [0.15, 0.2) is 11.5 Å². The van der Waals surface area contributed by atoms with Crippen LogP contribution in [0.3, 0.4) is 0 Å². The summed E-state index contributed by atoms with van der Waals surface area (Å²) < 4.78 is 40.2. The number of halogens is 1. The van der Waals surface area contributed by atoms with Crippen LogP contribution in [0.1, 0.15) is 32.8 Å². The summed E-state index contributed by atoms with van der Waals surface area (Å²) in [6, 6.07) is 18.6. The normalized spacial score (nSPS) is 14.0. The first-order valence-corrected chi connectivity index (χ1v) is 15.2. The number of sulfonamides is 1. The first-order valence-electron chi connectivity index (χ1n) is 13.4. The number of ether oxygens (including phenoxy) is 2.